The molecule has 1 aliphatic rings. The molecule has 1 aliphatic carbocycles. The Labute approximate surface area is 121 Å². The van der Waals surface area contributed by atoms with Gasteiger partial charge in [-0.05, 0) is 43.3 Å². The Bertz CT molecular complexity index is 621. The number of rotatable bonds is 5. The van der Waals surface area contributed by atoms with Crippen molar-refractivity contribution in [2.75, 3.05) is 4.90 Å². The number of carboxylic acids is 1. The zero-order valence-corrected chi connectivity index (χ0v) is 12.1. The molecule has 2 heterocycles. The molecule has 0 saturated heterocycles. The second kappa shape index (κ2) is 5.25. The van der Waals surface area contributed by atoms with Gasteiger partial charge in [-0.1, -0.05) is 6.07 Å². The van der Waals surface area contributed by atoms with E-state index in [0.29, 0.717) is 11.7 Å². The molecule has 0 radical (unpaired) electrons. The molecule has 2 aromatic heterocycles. The number of pyridine rings is 1. The quantitative estimate of drug-likeness (QED) is 0.917. The molecule has 104 valence electrons. The molecule has 0 unspecified atom stereocenters. The predicted molar refractivity (Wildman–Crippen MR) is 79.5 cm³/mol. The molecule has 0 aliphatic heterocycles. The summed E-state index contributed by atoms with van der Waals surface area (Å²) in [6, 6.07) is 8.20. The zero-order chi connectivity index (χ0) is 14.1. The Kier molecular flexibility index (Phi) is 3.44. The van der Waals surface area contributed by atoms with Gasteiger partial charge in [0, 0.05) is 10.9 Å². The molecule has 0 amide bonds. The van der Waals surface area contributed by atoms with Crippen LogP contribution in [0.25, 0.3) is 0 Å². The van der Waals surface area contributed by atoms with E-state index in [9.17, 15) is 4.79 Å². The van der Waals surface area contributed by atoms with E-state index in [0.717, 1.165) is 12.4 Å². The Balaban J connectivity index is 1.88. The Morgan fingerprint density at radius 3 is 2.80 bits per heavy atom. The standard InChI is InChI=1S/C15H16N2O2S/c1-10-13(15(18)19)6-7-14(16-10)17(11-4-5-11)9-12-3-2-8-20-12/h2-3,6-8,11H,4-5,9H2,1H3,(H,18,19). The van der Waals surface area contributed by atoms with Crippen molar-refractivity contribution in [3.05, 3.63) is 45.8 Å². The van der Waals surface area contributed by atoms with E-state index in [-0.39, 0.29) is 5.56 Å². The topological polar surface area (TPSA) is 53.4 Å². The molecule has 1 saturated carbocycles. The van der Waals surface area contributed by atoms with E-state index in [1.807, 2.05) is 6.07 Å². The van der Waals surface area contributed by atoms with Crippen LogP contribution in [0.3, 0.4) is 0 Å². The number of hydrogen-bond acceptors (Lipinski definition) is 4. The van der Waals surface area contributed by atoms with Crippen molar-refractivity contribution < 1.29 is 9.90 Å². The number of thiophene rings is 1. The lowest BCUT2D eigenvalue weighted by Crippen LogP contribution is -2.26. The lowest BCUT2D eigenvalue weighted by atomic mass is 10.2. The van der Waals surface area contributed by atoms with Crippen molar-refractivity contribution in [1.82, 2.24) is 4.98 Å². The van der Waals surface area contributed by atoms with Gasteiger partial charge in [-0.25, -0.2) is 9.78 Å². The largest absolute Gasteiger partial charge is 0.478 e. The van der Waals surface area contributed by atoms with Crippen molar-refractivity contribution in [3.8, 4) is 0 Å². The van der Waals surface area contributed by atoms with Gasteiger partial charge in [-0.2, -0.15) is 0 Å². The molecule has 0 atom stereocenters. The number of carbonyl (C=O) groups is 1. The lowest BCUT2D eigenvalue weighted by Gasteiger charge is -2.23. The van der Waals surface area contributed by atoms with Crippen LogP contribution >= 0.6 is 11.3 Å². The summed E-state index contributed by atoms with van der Waals surface area (Å²) in [4.78, 5) is 19.1. The summed E-state index contributed by atoms with van der Waals surface area (Å²) in [5.41, 5.74) is 0.854. The van der Waals surface area contributed by atoms with Crippen LogP contribution in [0.15, 0.2) is 29.6 Å². The minimum atomic E-state index is -0.919. The summed E-state index contributed by atoms with van der Waals surface area (Å²) in [5, 5.41) is 11.1. The fourth-order valence-electron chi connectivity index (χ4n) is 2.29. The second-order valence-electron chi connectivity index (χ2n) is 5.05. The monoisotopic (exact) mass is 288 g/mol. The highest BCUT2D eigenvalue weighted by atomic mass is 32.1. The van der Waals surface area contributed by atoms with E-state index < -0.39 is 5.97 Å². The Morgan fingerprint density at radius 1 is 1.45 bits per heavy atom. The van der Waals surface area contributed by atoms with E-state index in [1.165, 1.54) is 17.7 Å². The van der Waals surface area contributed by atoms with Gasteiger partial charge in [-0.3, -0.25) is 0 Å². The number of carboxylic acid groups (broad SMARTS) is 1. The molecule has 0 bridgehead atoms. The van der Waals surface area contributed by atoms with Crippen LogP contribution < -0.4 is 4.90 Å². The Morgan fingerprint density at radius 2 is 2.25 bits per heavy atom. The third kappa shape index (κ3) is 2.67. The summed E-state index contributed by atoms with van der Waals surface area (Å²) < 4.78 is 0. The van der Waals surface area contributed by atoms with Gasteiger partial charge in [0.1, 0.15) is 5.82 Å². The van der Waals surface area contributed by atoms with E-state index >= 15 is 0 Å². The van der Waals surface area contributed by atoms with Crippen LogP contribution in [-0.2, 0) is 6.54 Å². The van der Waals surface area contributed by atoms with Gasteiger partial charge in [-0.15, -0.1) is 11.3 Å². The van der Waals surface area contributed by atoms with Gasteiger partial charge in [0.15, 0.2) is 0 Å². The van der Waals surface area contributed by atoms with Gasteiger partial charge < -0.3 is 10.0 Å². The van der Waals surface area contributed by atoms with Gasteiger partial charge in [0.2, 0.25) is 0 Å². The molecule has 1 fully saturated rings. The Hall–Kier alpha value is -1.88. The minimum absolute atomic E-state index is 0.278. The second-order valence-corrected chi connectivity index (χ2v) is 6.08. The van der Waals surface area contributed by atoms with Crippen molar-refractivity contribution >= 4 is 23.1 Å². The van der Waals surface area contributed by atoms with E-state index in [1.54, 1.807) is 24.3 Å². The number of aryl methyl sites for hydroxylation is 1. The molecule has 0 aromatic carbocycles. The number of nitrogens with zero attached hydrogens (tertiary/aromatic N) is 2. The number of aromatic carboxylic acids is 1. The summed E-state index contributed by atoms with van der Waals surface area (Å²) >= 11 is 1.74. The van der Waals surface area contributed by atoms with Crippen LogP contribution in [0.5, 0.6) is 0 Å². The van der Waals surface area contributed by atoms with E-state index in [4.69, 9.17) is 5.11 Å². The summed E-state index contributed by atoms with van der Waals surface area (Å²) in [7, 11) is 0. The van der Waals surface area contributed by atoms with Crippen LogP contribution in [0.1, 0.15) is 33.8 Å². The average molecular weight is 288 g/mol. The van der Waals surface area contributed by atoms with Crippen LogP contribution in [0.4, 0.5) is 5.82 Å². The molecule has 20 heavy (non-hydrogen) atoms. The molecule has 3 rings (SSSR count). The lowest BCUT2D eigenvalue weighted by molar-refractivity contribution is 0.0695. The third-order valence-electron chi connectivity index (χ3n) is 3.49. The molecular weight excluding hydrogens is 272 g/mol. The van der Waals surface area contributed by atoms with Gasteiger partial charge >= 0.3 is 5.97 Å². The van der Waals surface area contributed by atoms with Crippen molar-refractivity contribution in [2.24, 2.45) is 0 Å². The molecule has 0 spiro atoms. The fourth-order valence-corrected chi connectivity index (χ4v) is 2.99. The first-order chi connectivity index (χ1) is 9.65. The molecule has 2 aromatic rings. The normalized spacial score (nSPS) is 14.2. The van der Waals surface area contributed by atoms with Crippen LogP contribution in [-0.4, -0.2) is 22.1 Å². The highest BCUT2D eigenvalue weighted by Crippen LogP contribution is 2.33. The maximum absolute atomic E-state index is 11.1. The zero-order valence-electron chi connectivity index (χ0n) is 11.2. The maximum Gasteiger partial charge on any atom is 0.337 e. The predicted octanol–water partition coefficient (Wildman–Crippen LogP) is 3.32. The average Bonchev–Trinajstić information content (AvgIpc) is 3.12. The SMILES string of the molecule is Cc1nc(N(Cc2cccs2)C2CC2)ccc1C(=O)O. The van der Waals surface area contributed by atoms with Crippen molar-refractivity contribution in [2.45, 2.75) is 32.4 Å². The van der Waals surface area contributed by atoms with E-state index in [2.05, 4.69) is 27.4 Å². The summed E-state index contributed by atoms with van der Waals surface area (Å²) in [6.45, 7) is 2.60. The maximum atomic E-state index is 11.1. The molecule has 4 nitrogen and oxygen atoms in total. The minimum Gasteiger partial charge on any atom is -0.478 e. The van der Waals surface area contributed by atoms with Crippen LogP contribution in [0, 0.1) is 6.92 Å². The number of anilines is 1. The molecule has 1 N–H and O–H groups in total. The number of aromatic nitrogens is 1. The fraction of sp³-hybridized carbons (Fsp3) is 0.333. The highest BCUT2D eigenvalue weighted by Gasteiger charge is 2.30. The third-order valence-corrected chi connectivity index (χ3v) is 4.35. The summed E-state index contributed by atoms with van der Waals surface area (Å²) in [6.07, 6.45) is 2.37. The molecular formula is C15H16N2O2S. The van der Waals surface area contributed by atoms with Gasteiger partial charge in [0.25, 0.3) is 0 Å². The van der Waals surface area contributed by atoms with Crippen molar-refractivity contribution in [3.63, 3.8) is 0 Å². The molecule has 5 heteroatoms. The number of hydrogen-bond donors (Lipinski definition) is 1. The van der Waals surface area contributed by atoms with Gasteiger partial charge in [0.05, 0.1) is 17.8 Å². The van der Waals surface area contributed by atoms with Crippen molar-refractivity contribution in [1.29, 1.82) is 0 Å². The summed E-state index contributed by atoms with van der Waals surface area (Å²) in [5.74, 6) is -0.0406. The first-order valence-electron chi connectivity index (χ1n) is 6.65. The van der Waals surface area contributed by atoms with Crippen LogP contribution in [0.2, 0.25) is 0 Å². The smallest absolute Gasteiger partial charge is 0.337 e. The highest BCUT2D eigenvalue weighted by molar-refractivity contribution is 7.09. The first-order valence-corrected chi connectivity index (χ1v) is 7.53. The first kappa shape index (κ1) is 13.1.